The number of primary sulfonamides is 1. The molecule has 0 saturated carbocycles. The van der Waals surface area contributed by atoms with Crippen LogP contribution in [0.4, 0.5) is 11.4 Å². The van der Waals surface area contributed by atoms with Crippen molar-refractivity contribution in [2.24, 2.45) is 5.14 Å². The molecule has 8 heteroatoms. The fourth-order valence-electron chi connectivity index (χ4n) is 1.85. The van der Waals surface area contributed by atoms with E-state index in [2.05, 4.69) is 0 Å². The summed E-state index contributed by atoms with van der Waals surface area (Å²) in [6.07, 6.45) is 0. The summed E-state index contributed by atoms with van der Waals surface area (Å²) in [6, 6.07) is 9.88. The van der Waals surface area contributed by atoms with Crippen molar-refractivity contribution >= 4 is 21.4 Å². The summed E-state index contributed by atoms with van der Waals surface area (Å²) >= 11 is 0. The summed E-state index contributed by atoms with van der Waals surface area (Å²) in [5.41, 5.74) is 6.14. The smallest absolute Gasteiger partial charge is 0.272 e. The van der Waals surface area contributed by atoms with Gasteiger partial charge in [-0.1, -0.05) is 18.2 Å². The van der Waals surface area contributed by atoms with Gasteiger partial charge in [0.1, 0.15) is 0 Å². The molecule has 0 aromatic heterocycles. The van der Waals surface area contributed by atoms with Crippen molar-refractivity contribution in [2.75, 3.05) is 5.73 Å². The Bertz CT molecular complexity index is 787. The first-order chi connectivity index (χ1) is 9.29. The number of nitrogen functional groups attached to an aromatic ring is 1. The lowest BCUT2D eigenvalue weighted by Gasteiger charge is -2.08. The molecule has 0 bridgehead atoms. The van der Waals surface area contributed by atoms with Gasteiger partial charge in [-0.2, -0.15) is 0 Å². The molecule has 2 aromatic rings. The number of nitro groups is 1. The second-order valence-electron chi connectivity index (χ2n) is 4.11. The Morgan fingerprint density at radius 1 is 1.10 bits per heavy atom. The van der Waals surface area contributed by atoms with E-state index in [1.54, 1.807) is 6.07 Å². The minimum Gasteiger partial charge on any atom is -0.399 e. The van der Waals surface area contributed by atoms with Crippen LogP contribution in [0.1, 0.15) is 0 Å². The van der Waals surface area contributed by atoms with Gasteiger partial charge in [0.05, 0.1) is 9.82 Å². The van der Waals surface area contributed by atoms with Crippen molar-refractivity contribution in [1.29, 1.82) is 0 Å². The van der Waals surface area contributed by atoms with E-state index in [4.69, 9.17) is 10.9 Å². The van der Waals surface area contributed by atoms with Crippen molar-refractivity contribution in [3.8, 4) is 11.1 Å². The van der Waals surface area contributed by atoms with Gasteiger partial charge in [0, 0.05) is 23.4 Å². The minimum atomic E-state index is -3.94. The van der Waals surface area contributed by atoms with E-state index in [1.165, 1.54) is 36.4 Å². The molecule has 0 aliphatic carbocycles. The predicted molar refractivity (Wildman–Crippen MR) is 74.3 cm³/mol. The maximum atomic E-state index is 11.5. The number of nitrogens with zero attached hydrogens (tertiary/aromatic N) is 1. The van der Waals surface area contributed by atoms with E-state index in [-0.39, 0.29) is 21.8 Å². The van der Waals surface area contributed by atoms with E-state index >= 15 is 0 Å². The molecule has 7 nitrogen and oxygen atoms in total. The molecule has 2 aromatic carbocycles. The Morgan fingerprint density at radius 3 is 2.35 bits per heavy atom. The summed E-state index contributed by atoms with van der Waals surface area (Å²) in [6.45, 7) is 0. The number of benzene rings is 2. The molecule has 0 radical (unpaired) electrons. The largest absolute Gasteiger partial charge is 0.399 e. The third kappa shape index (κ3) is 2.76. The molecular formula is C12H11N3O4S. The standard InChI is InChI=1S/C12H11N3O4S/c13-9-5-8(6-10(7-9)15(16)17)11-3-1-2-4-12(11)20(14,18)19/h1-7H,13H2,(H2,14,18,19). The number of sulfonamides is 1. The van der Waals surface area contributed by atoms with Crippen LogP contribution in [0.2, 0.25) is 0 Å². The molecule has 0 aliphatic rings. The van der Waals surface area contributed by atoms with Crippen molar-refractivity contribution < 1.29 is 13.3 Å². The zero-order valence-electron chi connectivity index (χ0n) is 10.2. The molecule has 0 atom stereocenters. The van der Waals surface area contributed by atoms with Crippen LogP contribution in [0, 0.1) is 10.1 Å². The van der Waals surface area contributed by atoms with Crippen LogP contribution in [0.25, 0.3) is 11.1 Å². The highest BCUT2D eigenvalue weighted by Crippen LogP contribution is 2.31. The average Bonchev–Trinajstić information content (AvgIpc) is 2.37. The Hall–Kier alpha value is -2.45. The molecular weight excluding hydrogens is 282 g/mol. The van der Waals surface area contributed by atoms with Gasteiger partial charge in [-0.3, -0.25) is 10.1 Å². The van der Waals surface area contributed by atoms with Crippen molar-refractivity contribution in [3.05, 3.63) is 52.6 Å². The molecule has 2 rings (SSSR count). The maximum absolute atomic E-state index is 11.5. The van der Waals surface area contributed by atoms with Gasteiger partial charge in [-0.25, -0.2) is 13.6 Å². The van der Waals surface area contributed by atoms with E-state index in [1.807, 2.05) is 0 Å². The van der Waals surface area contributed by atoms with E-state index in [0.29, 0.717) is 5.56 Å². The Kier molecular flexibility index (Phi) is 3.43. The fraction of sp³-hybridized carbons (Fsp3) is 0. The SMILES string of the molecule is Nc1cc(-c2ccccc2S(N)(=O)=O)cc([N+](=O)[O-])c1. The van der Waals surface area contributed by atoms with Crippen molar-refractivity contribution in [2.45, 2.75) is 4.90 Å². The third-order valence-corrected chi connectivity index (χ3v) is 3.62. The molecule has 0 amide bonds. The van der Waals surface area contributed by atoms with Crippen LogP contribution < -0.4 is 10.9 Å². The zero-order valence-corrected chi connectivity index (χ0v) is 11.0. The van der Waals surface area contributed by atoms with Gasteiger partial charge in [0.2, 0.25) is 10.0 Å². The van der Waals surface area contributed by atoms with Crippen LogP contribution in [-0.4, -0.2) is 13.3 Å². The summed E-state index contributed by atoms with van der Waals surface area (Å²) in [5.74, 6) is 0. The van der Waals surface area contributed by atoms with E-state index < -0.39 is 14.9 Å². The molecule has 0 heterocycles. The summed E-state index contributed by atoms with van der Waals surface area (Å²) in [5, 5.41) is 16.0. The fourth-order valence-corrected chi connectivity index (χ4v) is 2.61. The molecule has 0 unspecified atom stereocenters. The lowest BCUT2D eigenvalue weighted by atomic mass is 10.0. The first-order valence-corrected chi connectivity index (χ1v) is 7.01. The first-order valence-electron chi connectivity index (χ1n) is 5.46. The van der Waals surface area contributed by atoms with E-state index in [9.17, 15) is 18.5 Å². The number of anilines is 1. The van der Waals surface area contributed by atoms with E-state index in [0.717, 1.165) is 0 Å². The van der Waals surface area contributed by atoms with Gasteiger partial charge >= 0.3 is 0 Å². The van der Waals surface area contributed by atoms with Crippen LogP contribution in [-0.2, 0) is 10.0 Å². The van der Waals surface area contributed by atoms with Crippen LogP contribution in [0.3, 0.4) is 0 Å². The second-order valence-corrected chi connectivity index (χ2v) is 5.64. The number of hydrogen-bond donors (Lipinski definition) is 2. The third-order valence-electron chi connectivity index (χ3n) is 2.66. The number of hydrogen-bond acceptors (Lipinski definition) is 5. The number of non-ortho nitro benzene ring substituents is 1. The molecule has 20 heavy (non-hydrogen) atoms. The van der Waals surface area contributed by atoms with Crippen molar-refractivity contribution in [3.63, 3.8) is 0 Å². The Labute approximate surface area is 115 Å². The molecule has 0 fully saturated rings. The summed E-state index contributed by atoms with van der Waals surface area (Å²) < 4.78 is 23.1. The number of rotatable bonds is 3. The van der Waals surface area contributed by atoms with Gasteiger partial charge in [0.15, 0.2) is 0 Å². The molecule has 0 saturated heterocycles. The minimum absolute atomic E-state index is 0.111. The Balaban J connectivity index is 2.73. The summed E-state index contributed by atoms with van der Waals surface area (Å²) in [4.78, 5) is 10.1. The lowest BCUT2D eigenvalue weighted by Crippen LogP contribution is -2.13. The molecule has 104 valence electrons. The molecule has 0 spiro atoms. The monoisotopic (exact) mass is 293 g/mol. The predicted octanol–water partition coefficient (Wildman–Crippen LogP) is 1.49. The van der Waals surface area contributed by atoms with Crippen LogP contribution in [0.15, 0.2) is 47.4 Å². The highest BCUT2D eigenvalue weighted by Gasteiger charge is 2.17. The first kappa shape index (κ1) is 14.0. The molecule has 0 aliphatic heterocycles. The molecule has 4 N–H and O–H groups in total. The van der Waals surface area contributed by atoms with Gasteiger partial charge in [-0.05, 0) is 17.7 Å². The summed E-state index contributed by atoms with van der Waals surface area (Å²) in [7, 11) is -3.94. The normalized spacial score (nSPS) is 11.2. The van der Waals surface area contributed by atoms with Gasteiger partial charge in [0.25, 0.3) is 5.69 Å². The van der Waals surface area contributed by atoms with Crippen LogP contribution >= 0.6 is 0 Å². The van der Waals surface area contributed by atoms with Gasteiger partial charge in [-0.15, -0.1) is 0 Å². The van der Waals surface area contributed by atoms with Crippen LogP contribution in [0.5, 0.6) is 0 Å². The van der Waals surface area contributed by atoms with Crippen molar-refractivity contribution in [1.82, 2.24) is 0 Å². The number of nitrogens with two attached hydrogens (primary N) is 2. The highest BCUT2D eigenvalue weighted by atomic mass is 32.2. The Morgan fingerprint density at radius 2 is 1.75 bits per heavy atom. The topological polar surface area (TPSA) is 129 Å². The lowest BCUT2D eigenvalue weighted by molar-refractivity contribution is -0.384. The quantitative estimate of drug-likeness (QED) is 0.503. The average molecular weight is 293 g/mol. The van der Waals surface area contributed by atoms with Gasteiger partial charge < -0.3 is 5.73 Å². The second kappa shape index (κ2) is 4.91. The number of nitro benzene ring substituents is 1. The zero-order chi connectivity index (χ0) is 14.9. The highest BCUT2D eigenvalue weighted by molar-refractivity contribution is 7.89. The maximum Gasteiger partial charge on any atom is 0.272 e.